The van der Waals surface area contributed by atoms with Crippen molar-refractivity contribution in [3.05, 3.63) is 65.2 Å². The largest absolute Gasteiger partial charge is 0.378 e. The first-order valence-electron chi connectivity index (χ1n) is 12.8. The van der Waals surface area contributed by atoms with Crippen LogP contribution in [0.2, 0.25) is 5.02 Å². The lowest BCUT2D eigenvalue weighted by molar-refractivity contribution is 0.102. The lowest BCUT2D eigenvalue weighted by Crippen LogP contribution is -2.55. The Bertz CT molecular complexity index is 1290. The van der Waals surface area contributed by atoms with Crippen LogP contribution < -0.4 is 15.1 Å². The van der Waals surface area contributed by atoms with Crippen LogP contribution in [0.4, 0.5) is 21.7 Å². The predicted molar refractivity (Wildman–Crippen MR) is 149 cm³/mol. The minimum absolute atomic E-state index is 0.259. The number of benzene rings is 2. The van der Waals surface area contributed by atoms with Gasteiger partial charge in [0.25, 0.3) is 5.91 Å². The number of halogens is 2. The molecule has 10 heteroatoms. The molecule has 3 aromatic rings. The number of ether oxygens (including phenoxy) is 1. The molecule has 2 fully saturated rings. The average molecular weight is 539 g/mol. The minimum atomic E-state index is -0.405. The number of likely N-dealkylation sites (N-methyl/N-ethyl adjacent to an activating group) is 1. The number of rotatable bonds is 5. The summed E-state index contributed by atoms with van der Waals surface area (Å²) in [5, 5.41) is 3.35. The van der Waals surface area contributed by atoms with E-state index in [0.717, 1.165) is 0 Å². The Morgan fingerprint density at radius 3 is 2.37 bits per heavy atom. The number of anilines is 3. The van der Waals surface area contributed by atoms with E-state index in [4.69, 9.17) is 16.3 Å². The van der Waals surface area contributed by atoms with Gasteiger partial charge in [0, 0.05) is 61.8 Å². The van der Waals surface area contributed by atoms with Gasteiger partial charge in [0.2, 0.25) is 5.95 Å². The number of nitrogens with one attached hydrogen (secondary N) is 1. The van der Waals surface area contributed by atoms with Crippen LogP contribution in [0.1, 0.15) is 24.2 Å². The highest BCUT2D eigenvalue weighted by atomic mass is 35.5. The second-order valence-electron chi connectivity index (χ2n) is 9.92. The van der Waals surface area contributed by atoms with Crippen LogP contribution in [0.25, 0.3) is 11.1 Å². The number of carbonyl (C=O) groups excluding carboxylic acids is 1. The Morgan fingerprint density at radius 1 is 1.05 bits per heavy atom. The molecule has 0 saturated carbocycles. The molecular formula is C28H32ClFN6O2. The number of aromatic nitrogens is 2. The van der Waals surface area contributed by atoms with Gasteiger partial charge in [-0.05, 0) is 45.2 Å². The average Bonchev–Trinajstić information content (AvgIpc) is 2.93. The van der Waals surface area contributed by atoms with Gasteiger partial charge in [0.05, 0.1) is 35.2 Å². The van der Waals surface area contributed by atoms with Gasteiger partial charge >= 0.3 is 0 Å². The number of nitrogens with zero attached hydrogens (tertiary/aromatic N) is 5. The monoisotopic (exact) mass is 538 g/mol. The molecule has 0 aliphatic carbocycles. The van der Waals surface area contributed by atoms with Crippen LogP contribution >= 0.6 is 11.6 Å². The lowest BCUT2D eigenvalue weighted by atomic mass is 10.0. The number of hydrogen-bond acceptors (Lipinski definition) is 7. The van der Waals surface area contributed by atoms with E-state index in [1.807, 2.05) is 4.90 Å². The Hall–Kier alpha value is -3.27. The van der Waals surface area contributed by atoms with Crippen LogP contribution in [0, 0.1) is 5.82 Å². The van der Waals surface area contributed by atoms with Gasteiger partial charge in [-0.2, -0.15) is 0 Å². The quantitative estimate of drug-likeness (QED) is 0.510. The fourth-order valence-electron chi connectivity index (χ4n) is 4.97. The maximum absolute atomic E-state index is 15.7. The number of hydrogen-bond donors (Lipinski definition) is 1. The first-order valence-corrected chi connectivity index (χ1v) is 13.2. The zero-order valence-corrected chi connectivity index (χ0v) is 22.6. The molecule has 2 aromatic carbocycles. The van der Waals surface area contributed by atoms with E-state index in [1.54, 1.807) is 42.7 Å². The van der Waals surface area contributed by atoms with E-state index in [9.17, 15) is 4.79 Å². The number of morpholine rings is 1. The summed E-state index contributed by atoms with van der Waals surface area (Å²) >= 11 is 6.29. The Balaban J connectivity index is 1.51. The molecule has 2 aliphatic rings. The van der Waals surface area contributed by atoms with Crippen molar-refractivity contribution in [3.8, 4) is 11.1 Å². The highest BCUT2D eigenvalue weighted by Gasteiger charge is 2.29. The van der Waals surface area contributed by atoms with E-state index in [-0.39, 0.29) is 18.0 Å². The Kier molecular flexibility index (Phi) is 7.78. The van der Waals surface area contributed by atoms with Crippen molar-refractivity contribution in [3.63, 3.8) is 0 Å². The minimum Gasteiger partial charge on any atom is -0.378 e. The van der Waals surface area contributed by atoms with Gasteiger partial charge in [-0.25, -0.2) is 14.4 Å². The van der Waals surface area contributed by atoms with Crippen molar-refractivity contribution in [2.45, 2.75) is 25.9 Å². The summed E-state index contributed by atoms with van der Waals surface area (Å²) in [5.74, 6) is -0.178. The van der Waals surface area contributed by atoms with Gasteiger partial charge in [-0.3, -0.25) is 9.69 Å². The molecule has 0 bridgehead atoms. The van der Waals surface area contributed by atoms with Crippen molar-refractivity contribution < 1.29 is 13.9 Å². The molecule has 8 nitrogen and oxygen atoms in total. The standard InChI is InChI=1S/C28H32ClFN6O2/c1-18-16-36(17-19(2)34(18)3)26-13-24(30)22(12-25(26)33-27(37)21-6-4-5-7-23(21)29)20-14-31-28(32-15-20)35-8-10-38-11-9-35/h4-7,12-15,18-19H,8-11,16-17H2,1-3H3,(H,33,37)/t18-,19+. The predicted octanol–water partition coefficient (Wildman–Crippen LogP) is 4.55. The normalized spacial score (nSPS) is 20.4. The highest BCUT2D eigenvalue weighted by molar-refractivity contribution is 6.34. The van der Waals surface area contributed by atoms with Gasteiger partial charge in [0.15, 0.2) is 0 Å². The van der Waals surface area contributed by atoms with E-state index >= 15 is 4.39 Å². The Labute approximate surface area is 227 Å². The fraction of sp³-hybridized carbons (Fsp3) is 0.393. The van der Waals surface area contributed by atoms with Gasteiger partial charge in [0.1, 0.15) is 5.82 Å². The molecule has 200 valence electrons. The van der Waals surface area contributed by atoms with Crippen LogP contribution in [0.3, 0.4) is 0 Å². The second kappa shape index (κ2) is 11.2. The summed E-state index contributed by atoms with van der Waals surface area (Å²) in [6.07, 6.45) is 3.24. The van der Waals surface area contributed by atoms with E-state index < -0.39 is 5.82 Å². The van der Waals surface area contributed by atoms with Crippen LogP contribution in [0.15, 0.2) is 48.8 Å². The first kappa shape index (κ1) is 26.3. The third kappa shape index (κ3) is 5.45. The smallest absolute Gasteiger partial charge is 0.257 e. The van der Waals surface area contributed by atoms with Crippen LogP contribution in [0.5, 0.6) is 0 Å². The highest BCUT2D eigenvalue weighted by Crippen LogP contribution is 2.36. The molecule has 38 heavy (non-hydrogen) atoms. The summed E-state index contributed by atoms with van der Waals surface area (Å²) < 4.78 is 21.1. The zero-order valence-electron chi connectivity index (χ0n) is 21.8. The maximum atomic E-state index is 15.7. The molecule has 1 N–H and O–H groups in total. The SMILES string of the molecule is C[C@@H]1CN(c2cc(F)c(-c3cnc(N4CCOCC4)nc3)cc2NC(=O)c2ccccc2Cl)C[C@H](C)N1C. The maximum Gasteiger partial charge on any atom is 0.257 e. The number of amides is 1. The van der Waals surface area contributed by atoms with E-state index in [1.165, 1.54) is 6.07 Å². The van der Waals surface area contributed by atoms with Gasteiger partial charge in [-0.15, -0.1) is 0 Å². The third-order valence-corrected chi connectivity index (χ3v) is 7.73. The molecule has 1 amide bonds. The lowest BCUT2D eigenvalue weighted by Gasteiger charge is -2.44. The van der Waals surface area contributed by atoms with Crippen molar-refractivity contribution in [1.82, 2.24) is 14.9 Å². The molecule has 3 heterocycles. The van der Waals surface area contributed by atoms with Gasteiger partial charge in [-0.1, -0.05) is 23.7 Å². The molecule has 2 atom stereocenters. The molecule has 0 radical (unpaired) electrons. The topological polar surface area (TPSA) is 73.8 Å². The summed E-state index contributed by atoms with van der Waals surface area (Å²) in [4.78, 5) is 28.7. The van der Waals surface area contributed by atoms with E-state index in [2.05, 4.69) is 46.0 Å². The summed E-state index contributed by atoms with van der Waals surface area (Å²) in [6, 6.07) is 10.6. The van der Waals surface area contributed by atoms with Crippen molar-refractivity contribution in [2.75, 3.05) is 61.6 Å². The molecular weight excluding hydrogens is 507 g/mol. The summed E-state index contributed by atoms with van der Waals surface area (Å²) in [6.45, 7) is 8.35. The number of piperazine rings is 1. The van der Waals surface area contributed by atoms with E-state index in [0.29, 0.717) is 78.4 Å². The van der Waals surface area contributed by atoms with Crippen molar-refractivity contribution >= 4 is 34.8 Å². The van der Waals surface area contributed by atoms with Crippen molar-refractivity contribution in [1.29, 1.82) is 0 Å². The third-order valence-electron chi connectivity index (χ3n) is 7.40. The molecule has 2 aliphatic heterocycles. The molecule has 0 spiro atoms. The number of carbonyl (C=O) groups is 1. The van der Waals surface area contributed by atoms with Gasteiger partial charge < -0.3 is 19.9 Å². The Morgan fingerprint density at radius 2 is 1.71 bits per heavy atom. The van der Waals surface area contributed by atoms with Crippen LogP contribution in [-0.4, -0.2) is 79.3 Å². The molecule has 2 saturated heterocycles. The zero-order chi connectivity index (χ0) is 26.8. The molecule has 1 aromatic heterocycles. The first-order chi connectivity index (χ1) is 18.3. The molecule has 0 unspecified atom stereocenters. The van der Waals surface area contributed by atoms with Crippen LogP contribution in [-0.2, 0) is 4.74 Å². The fourth-order valence-corrected chi connectivity index (χ4v) is 5.19. The summed E-state index contributed by atoms with van der Waals surface area (Å²) in [7, 11) is 2.09. The summed E-state index contributed by atoms with van der Waals surface area (Å²) in [5.41, 5.74) is 2.33. The second-order valence-corrected chi connectivity index (χ2v) is 10.3. The van der Waals surface area contributed by atoms with Crippen molar-refractivity contribution in [2.24, 2.45) is 0 Å². The molecule has 5 rings (SSSR count).